The molecule has 94 valence electrons. The van der Waals surface area contributed by atoms with Crippen molar-refractivity contribution in [1.82, 2.24) is 19.7 Å². The average molecular weight is 271 g/mol. The quantitative estimate of drug-likeness (QED) is 0.862. The van der Waals surface area contributed by atoms with Crippen molar-refractivity contribution in [2.24, 2.45) is 7.05 Å². The first-order chi connectivity index (χ1) is 6.50. The highest BCUT2D eigenvalue weighted by molar-refractivity contribution is 5.85. The third-order valence-corrected chi connectivity index (χ3v) is 2.00. The first-order valence-corrected chi connectivity index (χ1v) is 4.26. The fourth-order valence-electron chi connectivity index (χ4n) is 1.12. The van der Waals surface area contributed by atoms with E-state index in [1.165, 1.54) is 0 Å². The van der Waals surface area contributed by atoms with Gasteiger partial charge in [-0.2, -0.15) is 0 Å². The lowest BCUT2D eigenvalue weighted by Crippen LogP contribution is -2.26. The van der Waals surface area contributed by atoms with Crippen LogP contribution < -0.4 is 0 Å². The van der Waals surface area contributed by atoms with Gasteiger partial charge in [0.15, 0.2) is 0 Å². The Morgan fingerprint density at radius 1 is 1.44 bits per heavy atom. The summed E-state index contributed by atoms with van der Waals surface area (Å²) < 4.78 is 1.85. The fourth-order valence-corrected chi connectivity index (χ4v) is 1.12. The molecule has 0 bridgehead atoms. The third kappa shape index (κ3) is 4.78. The summed E-state index contributed by atoms with van der Waals surface area (Å²) in [5, 5.41) is 16.4. The van der Waals surface area contributed by atoms with Gasteiger partial charge < -0.3 is 9.67 Å². The molecule has 0 amide bonds. The van der Waals surface area contributed by atoms with E-state index in [2.05, 4.69) is 10.2 Å². The van der Waals surface area contributed by atoms with E-state index in [-0.39, 0.29) is 31.4 Å². The summed E-state index contributed by atoms with van der Waals surface area (Å²) >= 11 is 0. The van der Waals surface area contributed by atoms with Crippen LogP contribution in [0.3, 0.4) is 0 Å². The molecule has 0 radical (unpaired) electrons. The zero-order valence-corrected chi connectivity index (χ0v) is 11.0. The van der Waals surface area contributed by atoms with Gasteiger partial charge in [0.25, 0.3) is 0 Å². The molecule has 8 heteroatoms. The number of aliphatic carboxylic acids is 1. The maximum absolute atomic E-state index is 10.4. The molecule has 0 saturated carbocycles. The highest BCUT2D eigenvalue weighted by atomic mass is 35.5. The van der Waals surface area contributed by atoms with E-state index >= 15 is 0 Å². The van der Waals surface area contributed by atoms with E-state index in [4.69, 9.17) is 5.11 Å². The molecule has 1 N–H and O–H groups in total. The van der Waals surface area contributed by atoms with Crippen molar-refractivity contribution in [3.8, 4) is 0 Å². The van der Waals surface area contributed by atoms with Crippen LogP contribution in [0.15, 0.2) is 0 Å². The molecule has 0 saturated heterocycles. The van der Waals surface area contributed by atoms with Gasteiger partial charge in [-0.1, -0.05) is 0 Å². The molecule has 1 aromatic rings. The molecule has 16 heavy (non-hydrogen) atoms. The summed E-state index contributed by atoms with van der Waals surface area (Å²) in [5.41, 5.74) is 0. The van der Waals surface area contributed by atoms with Gasteiger partial charge in [0.1, 0.15) is 11.6 Å². The van der Waals surface area contributed by atoms with E-state index in [0.29, 0.717) is 6.54 Å². The number of hydrogen-bond donors (Lipinski definition) is 1. The smallest absolute Gasteiger partial charge is 0.317 e. The molecule has 0 atom stereocenters. The predicted molar refractivity (Wildman–Crippen MR) is 64.2 cm³/mol. The number of halogens is 2. The minimum Gasteiger partial charge on any atom is -0.480 e. The van der Waals surface area contributed by atoms with Crippen LogP contribution in [0.25, 0.3) is 0 Å². The number of carboxylic acid groups (broad SMARTS) is 1. The van der Waals surface area contributed by atoms with Crippen LogP contribution in [0.5, 0.6) is 0 Å². The van der Waals surface area contributed by atoms with Crippen molar-refractivity contribution in [2.75, 3.05) is 13.6 Å². The number of carbonyl (C=O) groups is 1. The van der Waals surface area contributed by atoms with Crippen molar-refractivity contribution in [3.05, 3.63) is 11.6 Å². The number of hydrogen-bond acceptors (Lipinski definition) is 4. The molecule has 0 aromatic carbocycles. The maximum Gasteiger partial charge on any atom is 0.317 e. The average Bonchev–Trinajstić information content (AvgIpc) is 2.34. The maximum atomic E-state index is 10.4. The topological polar surface area (TPSA) is 71.2 Å². The van der Waals surface area contributed by atoms with Crippen LogP contribution in [-0.4, -0.2) is 44.3 Å². The van der Waals surface area contributed by atoms with Crippen LogP contribution in [0.2, 0.25) is 0 Å². The molecule has 0 aliphatic carbocycles. The van der Waals surface area contributed by atoms with Crippen LogP contribution >= 0.6 is 24.8 Å². The van der Waals surface area contributed by atoms with Gasteiger partial charge in [0.2, 0.25) is 0 Å². The normalized spacial score (nSPS) is 9.50. The summed E-state index contributed by atoms with van der Waals surface area (Å²) in [4.78, 5) is 12.1. The molecule has 1 heterocycles. The Labute approximate surface area is 106 Å². The lowest BCUT2D eigenvalue weighted by molar-refractivity contribution is -0.138. The van der Waals surface area contributed by atoms with Crippen LogP contribution in [0, 0.1) is 6.92 Å². The predicted octanol–water partition coefficient (Wildman–Crippen LogP) is 0.484. The molecule has 6 nitrogen and oxygen atoms in total. The highest BCUT2D eigenvalue weighted by Crippen LogP contribution is 2.00. The molecule has 1 rings (SSSR count). The number of aryl methyl sites for hydroxylation is 1. The highest BCUT2D eigenvalue weighted by Gasteiger charge is 2.10. The van der Waals surface area contributed by atoms with Crippen molar-refractivity contribution in [1.29, 1.82) is 0 Å². The molecule has 0 aliphatic rings. The molecule has 0 aliphatic heterocycles. The summed E-state index contributed by atoms with van der Waals surface area (Å²) in [6.45, 7) is 2.35. The SMILES string of the molecule is Cc1nnc(CN(C)CC(=O)O)n1C.Cl.Cl. The van der Waals surface area contributed by atoms with Crippen molar-refractivity contribution in [2.45, 2.75) is 13.5 Å². The largest absolute Gasteiger partial charge is 0.480 e. The molecular weight excluding hydrogens is 255 g/mol. The standard InChI is InChI=1S/C8H14N4O2.2ClH/c1-6-9-10-7(12(6)3)4-11(2)5-8(13)14;;/h4-5H2,1-3H3,(H,13,14);2*1H. The molecule has 0 unspecified atom stereocenters. The van der Waals surface area contributed by atoms with Gasteiger partial charge in [0, 0.05) is 7.05 Å². The Kier molecular flexibility index (Phi) is 8.14. The third-order valence-electron chi connectivity index (χ3n) is 2.00. The van der Waals surface area contributed by atoms with E-state index < -0.39 is 5.97 Å². The van der Waals surface area contributed by atoms with E-state index in [0.717, 1.165) is 11.6 Å². The zero-order chi connectivity index (χ0) is 10.7. The second kappa shape index (κ2) is 7.43. The first-order valence-electron chi connectivity index (χ1n) is 4.26. The Morgan fingerprint density at radius 2 is 2.00 bits per heavy atom. The van der Waals surface area contributed by atoms with E-state index in [1.54, 1.807) is 11.9 Å². The molecular formula is C8H16Cl2N4O2. The van der Waals surface area contributed by atoms with E-state index in [9.17, 15) is 4.79 Å². The fraction of sp³-hybridized carbons (Fsp3) is 0.625. The second-order valence-corrected chi connectivity index (χ2v) is 3.29. The van der Waals surface area contributed by atoms with Crippen LogP contribution in [-0.2, 0) is 18.4 Å². The van der Waals surface area contributed by atoms with Crippen molar-refractivity contribution >= 4 is 30.8 Å². The minimum atomic E-state index is -0.841. The molecule has 0 spiro atoms. The lowest BCUT2D eigenvalue weighted by atomic mass is 10.5. The molecule has 0 fully saturated rings. The zero-order valence-electron chi connectivity index (χ0n) is 9.38. The van der Waals surface area contributed by atoms with Gasteiger partial charge in [0.05, 0.1) is 13.1 Å². The second-order valence-electron chi connectivity index (χ2n) is 3.29. The van der Waals surface area contributed by atoms with Crippen molar-refractivity contribution < 1.29 is 9.90 Å². The number of carboxylic acids is 1. The minimum absolute atomic E-state index is 0. The van der Waals surface area contributed by atoms with Gasteiger partial charge in [-0.05, 0) is 14.0 Å². The Bertz CT molecular complexity index is 343. The monoisotopic (exact) mass is 270 g/mol. The number of aromatic nitrogens is 3. The van der Waals surface area contributed by atoms with Gasteiger partial charge >= 0.3 is 5.97 Å². The number of nitrogens with zero attached hydrogens (tertiary/aromatic N) is 4. The summed E-state index contributed by atoms with van der Waals surface area (Å²) in [7, 11) is 3.59. The van der Waals surface area contributed by atoms with Gasteiger partial charge in [-0.3, -0.25) is 9.69 Å². The Hall–Kier alpha value is -0.850. The number of rotatable bonds is 4. The summed E-state index contributed by atoms with van der Waals surface area (Å²) in [6, 6.07) is 0. The molecule has 1 aromatic heterocycles. The summed E-state index contributed by atoms with van der Waals surface area (Å²) in [5.74, 6) is 0.751. The van der Waals surface area contributed by atoms with Gasteiger partial charge in [-0.15, -0.1) is 35.0 Å². The Morgan fingerprint density at radius 3 is 2.38 bits per heavy atom. The summed E-state index contributed by atoms with van der Waals surface area (Å²) in [6.07, 6.45) is 0. The van der Waals surface area contributed by atoms with Crippen LogP contribution in [0.1, 0.15) is 11.6 Å². The van der Waals surface area contributed by atoms with Crippen LogP contribution in [0.4, 0.5) is 0 Å². The Balaban J connectivity index is 0. The van der Waals surface area contributed by atoms with E-state index in [1.807, 2.05) is 18.5 Å². The van der Waals surface area contributed by atoms with Gasteiger partial charge in [-0.25, -0.2) is 0 Å². The first kappa shape index (κ1) is 17.5. The van der Waals surface area contributed by atoms with Crippen molar-refractivity contribution in [3.63, 3.8) is 0 Å². The lowest BCUT2D eigenvalue weighted by Gasteiger charge is -2.12. The number of likely N-dealkylation sites (N-methyl/N-ethyl adjacent to an activating group) is 1.